The van der Waals surface area contributed by atoms with Gasteiger partial charge < -0.3 is 10.1 Å². The Kier molecular flexibility index (Phi) is 4.51. The van der Waals surface area contributed by atoms with Gasteiger partial charge in [-0.25, -0.2) is 9.97 Å². The predicted molar refractivity (Wildman–Crippen MR) is 87.3 cm³/mol. The third-order valence-electron chi connectivity index (χ3n) is 3.48. The van der Waals surface area contributed by atoms with E-state index in [-0.39, 0.29) is 0 Å². The van der Waals surface area contributed by atoms with Gasteiger partial charge in [0, 0.05) is 28.6 Å². The molecule has 0 saturated carbocycles. The number of benzene rings is 1. The van der Waals surface area contributed by atoms with Gasteiger partial charge in [-0.05, 0) is 12.5 Å². The molecule has 0 aliphatic carbocycles. The summed E-state index contributed by atoms with van der Waals surface area (Å²) in [7, 11) is 0. The van der Waals surface area contributed by atoms with Gasteiger partial charge in [0.25, 0.3) is 0 Å². The number of rotatable bonds is 4. The molecule has 1 aromatic heterocycles. The maximum atomic E-state index is 5.56. The zero-order valence-corrected chi connectivity index (χ0v) is 13.6. The van der Waals surface area contributed by atoms with Gasteiger partial charge in [0.05, 0.1) is 18.9 Å². The molecule has 2 aromatic rings. The number of anilines is 1. The SMILES string of the molecule is CCCNc1nc(-c2ccccc2Br)nc2c1COCC2. The molecule has 0 radical (unpaired) electrons. The highest BCUT2D eigenvalue weighted by molar-refractivity contribution is 9.10. The average molecular weight is 348 g/mol. The van der Waals surface area contributed by atoms with Crippen molar-refractivity contribution in [3.05, 3.63) is 40.0 Å². The summed E-state index contributed by atoms with van der Waals surface area (Å²) in [6, 6.07) is 8.05. The van der Waals surface area contributed by atoms with Crippen LogP contribution in [0.25, 0.3) is 11.4 Å². The topological polar surface area (TPSA) is 47.0 Å². The molecule has 0 saturated heterocycles. The fourth-order valence-corrected chi connectivity index (χ4v) is 2.85. The molecule has 1 N–H and O–H groups in total. The van der Waals surface area contributed by atoms with Crippen LogP contribution in [-0.2, 0) is 17.8 Å². The van der Waals surface area contributed by atoms with Crippen LogP contribution < -0.4 is 5.32 Å². The molecule has 0 spiro atoms. The number of hydrogen-bond donors (Lipinski definition) is 1. The monoisotopic (exact) mass is 347 g/mol. The van der Waals surface area contributed by atoms with Crippen molar-refractivity contribution in [1.82, 2.24) is 9.97 Å². The number of nitrogens with one attached hydrogen (secondary N) is 1. The zero-order valence-electron chi connectivity index (χ0n) is 12.0. The van der Waals surface area contributed by atoms with E-state index in [4.69, 9.17) is 14.7 Å². The van der Waals surface area contributed by atoms with Gasteiger partial charge in [0.15, 0.2) is 5.82 Å². The van der Waals surface area contributed by atoms with Crippen molar-refractivity contribution < 1.29 is 4.74 Å². The van der Waals surface area contributed by atoms with Crippen LogP contribution in [0.2, 0.25) is 0 Å². The fraction of sp³-hybridized carbons (Fsp3) is 0.375. The minimum Gasteiger partial charge on any atom is -0.376 e. The molecular weight excluding hydrogens is 330 g/mol. The Bertz CT molecular complexity index is 645. The van der Waals surface area contributed by atoms with Crippen molar-refractivity contribution in [2.45, 2.75) is 26.4 Å². The highest BCUT2D eigenvalue weighted by Crippen LogP contribution is 2.29. The van der Waals surface area contributed by atoms with Crippen molar-refractivity contribution in [1.29, 1.82) is 0 Å². The summed E-state index contributed by atoms with van der Waals surface area (Å²) < 4.78 is 6.57. The summed E-state index contributed by atoms with van der Waals surface area (Å²) >= 11 is 3.58. The second-order valence-electron chi connectivity index (χ2n) is 5.03. The first-order valence-electron chi connectivity index (χ1n) is 7.26. The van der Waals surface area contributed by atoms with E-state index < -0.39 is 0 Å². The van der Waals surface area contributed by atoms with Gasteiger partial charge in [0.2, 0.25) is 0 Å². The maximum Gasteiger partial charge on any atom is 0.162 e. The molecule has 0 unspecified atom stereocenters. The first-order valence-corrected chi connectivity index (χ1v) is 8.05. The van der Waals surface area contributed by atoms with E-state index in [2.05, 4.69) is 28.2 Å². The summed E-state index contributed by atoms with van der Waals surface area (Å²) in [5, 5.41) is 3.41. The third kappa shape index (κ3) is 3.09. The molecule has 0 amide bonds. The van der Waals surface area contributed by atoms with E-state index in [9.17, 15) is 0 Å². The Balaban J connectivity index is 2.07. The third-order valence-corrected chi connectivity index (χ3v) is 4.17. The lowest BCUT2D eigenvalue weighted by Gasteiger charge is -2.20. The summed E-state index contributed by atoms with van der Waals surface area (Å²) in [4.78, 5) is 9.47. The second kappa shape index (κ2) is 6.54. The summed E-state index contributed by atoms with van der Waals surface area (Å²) in [6.45, 7) is 4.37. The molecule has 1 aliphatic heterocycles. The Morgan fingerprint density at radius 3 is 2.95 bits per heavy atom. The lowest BCUT2D eigenvalue weighted by molar-refractivity contribution is 0.109. The summed E-state index contributed by atoms with van der Waals surface area (Å²) in [5.74, 6) is 1.68. The minimum absolute atomic E-state index is 0.595. The predicted octanol–water partition coefficient (Wildman–Crippen LogP) is 3.80. The number of nitrogens with zero attached hydrogens (tertiary/aromatic N) is 2. The van der Waals surface area contributed by atoms with Gasteiger partial charge >= 0.3 is 0 Å². The zero-order chi connectivity index (χ0) is 14.7. The Morgan fingerprint density at radius 2 is 2.14 bits per heavy atom. The van der Waals surface area contributed by atoms with Crippen LogP contribution >= 0.6 is 15.9 Å². The van der Waals surface area contributed by atoms with Gasteiger partial charge in [-0.3, -0.25) is 0 Å². The van der Waals surface area contributed by atoms with Crippen LogP contribution in [0.5, 0.6) is 0 Å². The normalized spacial score (nSPS) is 13.8. The number of aromatic nitrogens is 2. The minimum atomic E-state index is 0.595. The van der Waals surface area contributed by atoms with Gasteiger partial charge in [-0.15, -0.1) is 0 Å². The summed E-state index contributed by atoms with van der Waals surface area (Å²) in [5.41, 5.74) is 3.22. The molecule has 0 fully saturated rings. The smallest absolute Gasteiger partial charge is 0.162 e. The quantitative estimate of drug-likeness (QED) is 0.913. The lowest BCUT2D eigenvalue weighted by Crippen LogP contribution is -2.17. The number of ether oxygens (including phenoxy) is 1. The number of fused-ring (bicyclic) bond motifs is 1. The molecule has 4 nitrogen and oxygen atoms in total. The molecule has 0 bridgehead atoms. The number of hydrogen-bond acceptors (Lipinski definition) is 4. The largest absolute Gasteiger partial charge is 0.376 e. The molecule has 1 aromatic carbocycles. The van der Waals surface area contributed by atoms with Crippen LogP contribution in [0.4, 0.5) is 5.82 Å². The Labute approximate surface area is 133 Å². The van der Waals surface area contributed by atoms with Crippen LogP contribution in [0, 0.1) is 0 Å². The molecule has 3 rings (SSSR count). The standard InChI is InChI=1S/C16H18BrN3O/c1-2-8-18-15-12-10-21-9-7-14(12)19-16(20-15)11-5-3-4-6-13(11)17/h3-6H,2,7-10H2,1H3,(H,18,19,20). The molecule has 5 heteroatoms. The van der Waals surface area contributed by atoms with E-state index >= 15 is 0 Å². The van der Waals surface area contributed by atoms with Crippen molar-refractivity contribution in [2.75, 3.05) is 18.5 Å². The molecular formula is C16H18BrN3O. The molecule has 2 heterocycles. The lowest BCUT2D eigenvalue weighted by atomic mass is 10.1. The molecule has 110 valence electrons. The van der Waals surface area contributed by atoms with Crippen LogP contribution in [0.15, 0.2) is 28.7 Å². The van der Waals surface area contributed by atoms with Crippen molar-refractivity contribution in [2.24, 2.45) is 0 Å². The van der Waals surface area contributed by atoms with E-state index in [0.29, 0.717) is 6.61 Å². The van der Waals surface area contributed by atoms with Crippen LogP contribution in [-0.4, -0.2) is 23.1 Å². The fourth-order valence-electron chi connectivity index (χ4n) is 2.38. The van der Waals surface area contributed by atoms with Crippen LogP contribution in [0.1, 0.15) is 24.6 Å². The summed E-state index contributed by atoms with van der Waals surface area (Å²) in [6.07, 6.45) is 1.90. The first kappa shape index (κ1) is 14.5. The first-order chi connectivity index (χ1) is 10.3. The van der Waals surface area contributed by atoms with Crippen molar-refractivity contribution in [3.8, 4) is 11.4 Å². The average Bonchev–Trinajstić information content (AvgIpc) is 2.53. The van der Waals surface area contributed by atoms with Crippen molar-refractivity contribution in [3.63, 3.8) is 0 Å². The second-order valence-corrected chi connectivity index (χ2v) is 5.88. The Morgan fingerprint density at radius 1 is 1.29 bits per heavy atom. The number of halogens is 1. The highest BCUT2D eigenvalue weighted by Gasteiger charge is 2.19. The van der Waals surface area contributed by atoms with E-state index in [1.165, 1.54) is 0 Å². The molecule has 21 heavy (non-hydrogen) atoms. The van der Waals surface area contributed by atoms with Gasteiger partial charge in [-0.2, -0.15) is 0 Å². The van der Waals surface area contributed by atoms with Crippen molar-refractivity contribution >= 4 is 21.7 Å². The van der Waals surface area contributed by atoms with Gasteiger partial charge in [0.1, 0.15) is 5.82 Å². The van der Waals surface area contributed by atoms with Gasteiger partial charge in [-0.1, -0.05) is 41.1 Å². The van der Waals surface area contributed by atoms with Crippen LogP contribution in [0.3, 0.4) is 0 Å². The molecule has 1 aliphatic rings. The van der Waals surface area contributed by atoms with E-state index in [1.54, 1.807) is 0 Å². The van der Waals surface area contributed by atoms with E-state index in [0.717, 1.165) is 58.9 Å². The maximum absolute atomic E-state index is 5.56. The highest BCUT2D eigenvalue weighted by atomic mass is 79.9. The molecule has 0 atom stereocenters. The Hall–Kier alpha value is -1.46. The van der Waals surface area contributed by atoms with E-state index in [1.807, 2.05) is 24.3 Å².